The summed E-state index contributed by atoms with van der Waals surface area (Å²) in [6, 6.07) is 16.1. The van der Waals surface area contributed by atoms with Gasteiger partial charge in [0.2, 0.25) is 0 Å². The highest BCUT2D eigenvalue weighted by atomic mass is 16.6. The number of aliphatic carboxylic acids is 1. The maximum Gasteiger partial charge on any atom is 0.411 e. The van der Waals surface area contributed by atoms with Gasteiger partial charge in [-0.3, -0.25) is 9.69 Å². The molecule has 0 saturated carbocycles. The molecule has 33 heavy (non-hydrogen) atoms. The van der Waals surface area contributed by atoms with Crippen LogP contribution in [-0.2, 0) is 32.1 Å². The molecule has 2 aromatic rings. The summed E-state index contributed by atoms with van der Waals surface area (Å²) in [5.74, 6) is -2.42. The normalized spacial score (nSPS) is 20.1. The minimum atomic E-state index is -1.73. The second-order valence-corrected chi connectivity index (χ2v) is 7.89. The minimum Gasteiger partial charge on any atom is -0.497 e. The molecule has 1 fully saturated rings. The standard InChI is InChI=1S/C25H29NO7/c1-3-32-23(29)25(16-18-11-13-20(31-2)14-12-18)21(22(27)28)10-7-15-26(25)24(30)33-17-19-8-5-4-6-9-19/h4-6,8-9,11-14,21H,3,7,10,15-17H2,1-2H3,(H,27,28). The Morgan fingerprint density at radius 2 is 1.73 bits per heavy atom. The summed E-state index contributed by atoms with van der Waals surface area (Å²) >= 11 is 0. The van der Waals surface area contributed by atoms with Crippen molar-refractivity contribution in [2.45, 2.75) is 38.3 Å². The molecule has 1 aliphatic heterocycles. The van der Waals surface area contributed by atoms with Crippen molar-refractivity contribution in [2.24, 2.45) is 5.92 Å². The van der Waals surface area contributed by atoms with Crippen molar-refractivity contribution in [3.8, 4) is 5.75 Å². The largest absolute Gasteiger partial charge is 0.497 e. The van der Waals surface area contributed by atoms with Gasteiger partial charge in [0.25, 0.3) is 0 Å². The van der Waals surface area contributed by atoms with Gasteiger partial charge in [-0.1, -0.05) is 42.5 Å². The van der Waals surface area contributed by atoms with E-state index in [1.165, 1.54) is 4.90 Å². The molecule has 0 aromatic heterocycles. The molecule has 1 saturated heterocycles. The SMILES string of the molecule is CCOC(=O)C1(Cc2ccc(OC)cc2)C(C(=O)O)CCCN1C(=O)OCc1ccccc1. The van der Waals surface area contributed by atoms with Crippen LogP contribution in [0.5, 0.6) is 5.75 Å². The van der Waals surface area contributed by atoms with Gasteiger partial charge >= 0.3 is 18.0 Å². The number of amides is 1. The number of likely N-dealkylation sites (tertiary alicyclic amines) is 1. The van der Waals surface area contributed by atoms with E-state index in [9.17, 15) is 19.5 Å². The first-order valence-electron chi connectivity index (χ1n) is 10.9. The van der Waals surface area contributed by atoms with Crippen LogP contribution < -0.4 is 4.74 Å². The molecule has 8 nitrogen and oxygen atoms in total. The van der Waals surface area contributed by atoms with E-state index >= 15 is 0 Å². The third-order valence-corrected chi connectivity index (χ3v) is 5.92. The number of esters is 1. The number of nitrogens with zero attached hydrogens (tertiary/aromatic N) is 1. The predicted octanol–water partition coefficient (Wildman–Crippen LogP) is 3.67. The molecule has 0 bridgehead atoms. The van der Waals surface area contributed by atoms with Crippen LogP contribution in [0.3, 0.4) is 0 Å². The van der Waals surface area contributed by atoms with Gasteiger partial charge < -0.3 is 19.3 Å². The van der Waals surface area contributed by atoms with Crippen LogP contribution in [0.4, 0.5) is 4.79 Å². The summed E-state index contributed by atoms with van der Waals surface area (Å²) in [5, 5.41) is 10.1. The number of carboxylic acids is 1. The van der Waals surface area contributed by atoms with Crippen LogP contribution in [0.1, 0.15) is 30.9 Å². The quantitative estimate of drug-likeness (QED) is 0.606. The van der Waals surface area contributed by atoms with Crippen molar-refractivity contribution in [3.63, 3.8) is 0 Å². The van der Waals surface area contributed by atoms with Crippen molar-refractivity contribution in [2.75, 3.05) is 20.3 Å². The summed E-state index contributed by atoms with van der Waals surface area (Å²) < 4.78 is 16.1. The number of piperidine rings is 1. The highest BCUT2D eigenvalue weighted by molar-refractivity contribution is 5.92. The van der Waals surface area contributed by atoms with Gasteiger partial charge in [0.15, 0.2) is 5.54 Å². The molecular weight excluding hydrogens is 426 g/mol. The van der Waals surface area contributed by atoms with E-state index in [0.29, 0.717) is 17.7 Å². The molecule has 0 spiro atoms. The molecule has 1 heterocycles. The van der Waals surface area contributed by atoms with Gasteiger partial charge in [-0.15, -0.1) is 0 Å². The first-order chi connectivity index (χ1) is 15.9. The van der Waals surface area contributed by atoms with E-state index < -0.39 is 29.5 Å². The van der Waals surface area contributed by atoms with E-state index in [-0.39, 0.29) is 32.6 Å². The lowest BCUT2D eigenvalue weighted by Crippen LogP contribution is -2.67. The maximum absolute atomic E-state index is 13.4. The molecule has 2 atom stereocenters. The average molecular weight is 456 g/mol. The first-order valence-corrected chi connectivity index (χ1v) is 10.9. The van der Waals surface area contributed by atoms with E-state index in [1.807, 2.05) is 30.3 Å². The number of benzene rings is 2. The smallest absolute Gasteiger partial charge is 0.411 e. The Balaban J connectivity index is 1.99. The van der Waals surface area contributed by atoms with Gasteiger partial charge in [0.05, 0.1) is 19.6 Å². The van der Waals surface area contributed by atoms with Crippen molar-refractivity contribution < 1.29 is 33.7 Å². The zero-order valence-electron chi connectivity index (χ0n) is 18.9. The Morgan fingerprint density at radius 1 is 1.03 bits per heavy atom. The van der Waals surface area contributed by atoms with Crippen LogP contribution in [0.25, 0.3) is 0 Å². The summed E-state index contributed by atoms with van der Waals surface area (Å²) in [5.41, 5.74) is -0.268. The van der Waals surface area contributed by atoms with Gasteiger partial charge in [-0.2, -0.15) is 0 Å². The summed E-state index contributed by atoms with van der Waals surface area (Å²) in [4.78, 5) is 40.2. The Bertz CT molecular complexity index is 960. The third kappa shape index (κ3) is 5.27. The lowest BCUT2D eigenvalue weighted by molar-refractivity contribution is -0.172. The first kappa shape index (κ1) is 24.1. The molecule has 0 aliphatic carbocycles. The fraction of sp³-hybridized carbons (Fsp3) is 0.400. The molecule has 8 heteroatoms. The predicted molar refractivity (Wildman–Crippen MR) is 120 cm³/mol. The number of carbonyl (C=O) groups excluding carboxylic acids is 2. The number of hydrogen-bond acceptors (Lipinski definition) is 6. The molecule has 2 aromatic carbocycles. The number of carboxylic acid groups (broad SMARTS) is 1. The number of rotatable bonds is 8. The highest BCUT2D eigenvalue weighted by Crippen LogP contribution is 2.39. The van der Waals surface area contributed by atoms with Gasteiger partial charge in [0.1, 0.15) is 12.4 Å². The Labute approximate surface area is 193 Å². The molecule has 2 unspecified atom stereocenters. The van der Waals surface area contributed by atoms with Gasteiger partial charge in [-0.25, -0.2) is 9.59 Å². The van der Waals surface area contributed by atoms with Crippen molar-refractivity contribution in [1.29, 1.82) is 0 Å². The zero-order valence-corrected chi connectivity index (χ0v) is 18.9. The second-order valence-electron chi connectivity index (χ2n) is 7.89. The highest BCUT2D eigenvalue weighted by Gasteiger charge is 2.58. The topological polar surface area (TPSA) is 102 Å². The lowest BCUT2D eigenvalue weighted by atomic mass is 9.72. The van der Waals surface area contributed by atoms with Crippen LogP contribution in [0, 0.1) is 5.92 Å². The second kappa shape index (κ2) is 10.8. The summed E-state index contributed by atoms with van der Waals surface area (Å²) in [7, 11) is 1.54. The van der Waals surface area contributed by atoms with Crippen LogP contribution in [0.2, 0.25) is 0 Å². The van der Waals surface area contributed by atoms with Crippen LogP contribution in [-0.4, -0.2) is 53.8 Å². The van der Waals surface area contributed by atoms with Crippen LogP contribution in [0.15, 0.2) is 54.6 Å². The summed E-state index contributed by atoms with van der Waals surface area (Å²) in [6.45, 7) is 1.90. The monoisotopic (exact) mass is 455 g/mol. The Morgan fingerprint density at radius 3 is 2.33 bits per heavy atom. The Kier molecular flexibility index (Phi) is 7.92. The third-order valence-electron chi connectivity index (χ3n) is 5.92. The molecule has 0 radical (unpaired) electrons. The molecule has 3 rings (SSSR count). The molecule has 1 N–H and O–H groups in total. The number of hydrogen-bond donors (Lipinski definition) is 1. The Hall–Kier alpha value is -3.55. The van der Waals surface area contributed by atoms with E-state index in [1.54, 1.807) is 38.3 Å². The van der Waals surface area contributed by atoms with Crippen molar-refractivity contribution >= 4 is 18.0 Å². The lowest BCUT2D eigenvalue weighted by Gasteiger charge is -2.47. The van der Waals surface area contributed by atoms with Crippen LogP contribution >= 0.6 is 0 Å². The van der Waals surface area contributed by atoms with Gasteiger partial charge in [-0.05, 0) is 43.0 Å². The van der Waals surface area contributed by atoms with E-state index in [0.717, 1.165) is 5.56 Å². The fourth-order valence-electron chi connectivity index (χ4n) is 4.31. The molecule has 176 valence electrons. The van der Waals surface area contributed by atoms with Crippen molar-refractivity contribution in [3.05, 3.63) is 65.7 Å². The number of methoxy groups -OCH3 is 1. The zero-order chi connectivity index (χ0) is 23.8. The molecule has 1 amide bonds. The van der Waals surface area contributed by atoms with E-state index in [2.05, 4.69) is 0 Å². The fourth-order valence-corrected chi connectivity index (χ4v) is 4.31. The van der Waals surface area contributed by atoms with E-state index in [4.69, 9.17) is 14.2 Å². The minimum absolute atomic E-state index is 0.00928. The average Bonchev–Trinajstić information content (AvgIpc) is 2.83. The molecule has 1 aliphatic rings. The van der Waals surface area contributed by atoms with Gasteiger partial charge in [0, 0.05) is 13.0 Å². The number of carbonyl (C=O) groups is 3. The molecular formula is C25H29NO7. The summed E-state index contributed by atoms with van der Waals surface area (Å²) in [6.07, 6.45) is -0.0902. The number of ether oxygens (including phenoxy) is 3. The maximum atomic E-state index is 13.4. The van der Waals surface area contributed by atoms with Crippen molar-refractivity contribution in [1.82, 2.24) is 4.90 Å².